The number of imide groups is 2. The third-order valence-electron chi connectivity index (χ3n) is 5.26. The van der Waals surface area contributed by atoms with Crippen LogP contribution in [0.15, 0.2) is 54.1 Å². The highest BCUT2D eigenvalue weighted by Crippen LogP contribution is 2.26. The lowest BCUT2D eigenvalue weighted by molar-refractivity contribution is -0.129. The van der Waals surface area contributed by atoms with Gasteiger partial charge in [-0.15, -0.1) is 0 Å². The van der Waals surface area contributed by atoms with Crippen molar-refractivity contribution in [1.82, 2.24) is 14.8 Å². The second-order valence-corrected chi connectivity index (χ2v) is 7.06. The molecule has 1 saturated heterocycles. The van der Waals surface area contributed by atoms with Crippen molar-refractivity contribution in [2.24, 2.45) is 0 Å². The SMILES string of the molecule is CCN1C(=O)NC(=O)/C(=C\c2cc(C)n(-c3ccc4ccccc4c3)c2C)C1=O. The van der Waals surface area contributed by atoms with Crippen molar-refractivity contribution >= 4 is 34.7 Å². The number of hydrogen-bond donors (Lipinski definition) is 1. The van der Waals surface area contributed by atoms with E-state index < -0.39 is 17.8 Å². The van der Waals surface area contributed by atoms with Gasteiger partial charge in [0.1, 0.15) is 5.57 Å². The number of barbiturate groups is 1. The zero-order valence-electron chi connectivity index (χ0n) is 16.5. The van der Waals surface area contributed by atoms with E-state index in [1.165, 1.54) is 0 Å². The van der Waals surface area contributed by atoms with Crippen molar-refractivity contribution in [2.45, 2.75) is 20.8 Å². The molecule has 0 aliphatic carbocycles. The molecule has 1 aromatic heterocycles. The number of benzene rings is 2. The van der Waals surface area contributed by atoms with E-state index >= 15 is 0 Å². The number of carbonyl (C=O) groups is 3. The molecule has 6 heteroatoms. The van der Waals surface area contributed by atoms with Gasteiger partial charge in [-0.2, -0.15) is 0 Å². The van der Waals surface area contributed by atoms with Crippen LogP contribution in [0.3, 0.4) is 0 Å². The molecular formula is C23H21N3O3. The Bertz CT molecular complexity index is 1200. The molecule has 29 heavy (non-hydrogen) atoms. The van der Waals surface area contributed by atoms with E-state index in [1.807, 2.05) is 32.0 Å². The number of rotatable bonds is 3. The normalized spacial score (nSPS) is 16.0. The van der Waals surface area contributed by atoms with Crippen LogP contribution in [0.5, 0.6) is 0 Å². The Morgan fingerprint density at radius 2 is 1.69 bits per heavy atom. The summed E-state index contributed by atoms with van der Waals surface area (Å²) in [5.41, 5.74) is 3.63. The third-order valence-corrected chi connectivity index (χ3v) is 5.26. The van der Waals surface area contributed by atoms with Crippen molar-refractivity contribution in [2.75, 3.05) is 6.54 Å². The Hall–Kier alpha value is -3.67. The lowest BCUT2D eigenvalue weighted by Gasteiger charge is -2.24. The summed E-state index contributed by atoms with van der Waals surface area (Å²) in [6.07, 6.45) is 1.56. The molecule has 0 bridgehead atoms. The standard InChI is InChI=1S/C23H21N3O3/c1-4-25-22(28)20(21(27)24-23(25)29)13-18-11-14(2)26(15(18)3)19-10-9-16-7-5-6-8-17(16)12-19/h5-13H,4H2,1-3H3,(H,24,27,29)/b20-13+. The monoisotopic (exact) mass is 387 g/mol. The molecule has 0 unspecified atom stereocenters. The van der Waals surface area contributed by atoms with Crippen LogP contribution in [0.2, 0.25) is 0 Å². The number of likely N-dealkylation sites (N-methyl/N-ethyl adjacent to an activating group) is 1. The van der Waals surface area contributed by atoms with Crippen LogP contribution in [0.1, 0.15) is 23.9 Å². The largest absolute Gasteiger partial charge is 0.331 e. The molecular weight excluding hydrogens is 366 g/mol. The van der Waals surface area contributed by atoms with E-state index in [0.29, 0.717) is 0 Å². The van der Waals surface area contributed by atoms with E-state index in [1.54, 1.807) is 13.0 Å². The first-order valence-corrected chi connectivity index (χ1v) is 9.47. The van der Waals surface area contributed by atoms with Gasteiger partial charge >= 0.3 is 6.03 Å². The molecule has 2 heterocycles. The van der Waals surface area contributed by atoms with Gasteiger partial charge in [-0.3, -0.25) is 19.8 Å². The number of urea groups is 1. The number of aromatic nitrogens is 1. The van der Waals surface area contributed by atoms with E-state index in [0.717, 1.165) is 38.3 Å². The zero-order valence-corrected chi connectivity index (χ0v) is 16.5. The first-order valence-electron chi connectivity index (χ1n) is 9.47. The van der Waals surface area contributed by atoms with E-state index in [9.17, 15) is 14.4 Å². The van der Waals surface area contributed by atoms with Crippen LogP contribution in [0.4, 0.5) is 4.79 Å². The summed E-state index contributed by atoms with van der Waals surface area (Å²) in [6, 6.07) is 15.6. The second kappa shape index (κ2) is 7.05. The summed E-state index contributed by atoms with van der Waals surface area (Å²) in [6.45, 7) is 5.82. The number of amides is 4. The zero-order chi connectivity index (χ0) is 20.7. The first-order chi connectivity index (χ1) is 13.9. The van der Waals surface area contributed by atoms with Crippen molar-refractivity contribution < 1.29 is 14.4 Å². The Morgan fingerprint density at radius 1 is 0.966 bits per heavy atom. The second-order valence-electron chi connectivity index (χ2n) is 7.06. The minimum Gasteiger partial charge on any atom is -0.318 e. The molecule has 0 atom stereocenters. The highest BCUT2D eigenvalue weighted by Gasteiger charge is 2.34. The maximum atomic E-state index is 12.6. The van der Waals surface area contributed by atoms with Crippen molar-refractivity contribution in [3.05, 3.63) is 71.1 Å². The summed E-state index contributed by atoms with van der Waals surface area (Å²) >= 11 is 0. The number of aryl methyl sites for hydroxylation is 1. The van der Waals surface area contributed by atoms with Gasteiger partial charge in [0.05, 0.1) is 0 Å². The van der Waals surface area contributed by atoms with Gasteiger partial charge in [0.15, 0.2) is 0 Å². The smallest absolute Gasteiger partial charge is 0.318 e. The lowest BCUT2D eigenvalue weighted by atomic mass is 10.1. The summed E-state index contributed by atoms with van der Waals surface area (Å²) in [4.78, 5) is 37.6. The Morgan fingerprint density at radius 3 is 2.41 bits per heavy atom. The summed E-state index contributed by atoms with van der Waals surface area (Å²) in [7, 11) is 0. The summed E-state index contributed by atoms with van der Waals surface area (Å²) in [5.74, 6) is -1.24. The highest BCUT2D eigenvalue weighted by molar-refractivity contribution is 6.31. The molecule has 1 fully saturated rings. The minimum absolute atomic E-state index is 0.0368. The lowest BCUT2D eigenvalue weighted by Crippen LogP contribution is -2.53. The maximum Gasteiger partial charge on any atom is 0.331 e. The van der Waals surface area contributed by atoms with Crippen LogP contribution in [0, 0.1) is 13.8 Å². The van der Waals surface area contributed by atoms with Crippen LogP contribution in [-0.4, -0.2) is 33.9 Å². The molecule has 4 rings (SSSR count). The molecule has 1 N–H and O–H groups in total. The first kappa shape index (κ1) is 18.7. The molecule has 2 aromatic carbocycles. The van der Waals surface area contributed by atoms with Crippen LogP contribution in [-0.2, 0) is 9.59 Å². The molecule has 0 saturated carbocycles. The van der Waals surface area contributed by atoms with Gasteiger partial charge in [0.2, 0.25) is 0 Å². The molecule has 6 nitrogen and oxygen atoms in total. The van der Waals surface area contributed by atoms with Crippen molar-refractivity contribution in [3.63, 3.8) is 0 Å². The number of nitrogens with one attached hydrogen (secondary N) is 1. The summed E-state index contributed by atoms with van der Waals surface area (Å²) in [5, 5.41) is 4.52. The van der Waals surface area contributed by atoms with Gasteiger partial charge in [-0.1, -0.05) is 30.3 Å². The van der Waals surface area contributed by atoms with Gasteiger partial charge < -0.3 is 4.57 Å². The predicted molar refractivity (Wildman–Crippen MR) is 112 cm³/mol. The van der Waals surface area contributed by atoms with Crippen LogP contribution >= 0.6 is 0 Å². The van der Waals surface area contributed by atoms with Gasteiger partial charge in [0.25, 0.3) is 11.8 Å². The Labute approximate surface area is 168 Å². The van der Waals surface area contributed by atoms with Crippen LogP contribution in [0.25, 0.3) is 22.5 Å². The van der Waals surface area contributed by atoms with Crippen molar-refractivity contribution in [1.29, 1.82) is 0 Å². The molecule has 4 amide bonds. The minimum atomic E-state index is -0.679. The average molecular weight is 387 g/mol. The quantitative estimate of drug-likeness (QED) is 0.550. The average Bonchev–Trinajstić information content (AvgIpc) is 2.98. The molecule has 1 aliphatic heterocycles. The van der Waals surface area contributed by atoms with Crippen molar-refractivity contribution in [3.8, 4) is 5.69 Å². The van der Waals surface area contributed by atoms with Gasteiger partial charge in [-0.25, -0.2) is 4.79 Å². The fourth-order valence-electron chi connectivity index (χ4n) is 3.78. The highest BCUT2D eigenvalue weighted by atomic mass is 16.2. The fraction of sp³-hybridized carbons (Fsp3) is 0.174. The number of fused-ring (bicyclic) bond motifs is 1. The Kier molecular flexibility index (Phi) is 4.54. The molecule has 0 radical (unpaired) electrons. The topological polar surface area (TPSA) is 71.4 Å². The fourth-order valence-corrected chi connectivity index (χ4v) is 3.78. The number of nitrogens with zero attached hydrogens (tertiary/aromatic N) is 2. The van der Waals surface area contributed by atoms with E-state index in [4.69, 9.17) is 0 Å². The van der Waals surface area contributed by atoms with Gasteiger partial charge in [-0.05, 0) is 61.4 Å². The van der Waals surface area contributed by atoms with Crippen LogP contribution < -0.4 is 5.32 Å². The summed E-state index contributed by atoms with van der Waals surface area (Å²) < 4.78 is 2.09. The molecule has 3 aromatic rings. The molecule has 1 aliphatic rings. The Balaban J connectivity index is 1.79. The molecule has 146 valence electrons. The maximum absolute atomic E-state index is 12.6. The third kappa shape index (κ3) is 3.12. The number of carbonyl (C=O) groups excluding carboxylic acids is 3. The van der Waals surface area contributed by atoms with E-state index in [2.05, 4.69) is 40.2 Å². The van der Waals surface area contributed by atoms with Gasteiger partial charge in [0, 0.05) is 23.6 Å². The number of hydrogen-bond acceptors (Lipinski definition) is 3. The molecule has 0 spiro atoms. The van der Waals surface area contributed by atoms with E-state index in [-0.39, 0.29) is 12.1 Å². The predicted octanol–water partition coefficient (Wildman–Crippen LogP) is 3.73.